The van der Waals surface area contributed by atoms with E-state index in [1.54, 1.807) is 6.92 Å². The summed E-state index contributed by atoms with van der Waals surface area (Å²) in [5, 5.41) is 12.0. The number of carbonyl (C=O) groups is 1. The van der Waals surface area contributed by atoms with Gasteiger partial charge in [-0.3, -0.25) is 0 Å². The van der Waals surface area contributed by atoms with Crippen molar-refractivity contribution in [3.63, 3.8) is 0 Å². The van der Waals surface area contributed by atoms with E-state index < -0.39 is 5.97 Å². The van der Waals surface area contributed by atoms with Gasteiger partial charge >= 0.3 is 5.97 Å². The molecule has 0 aliphatic carbocycles. The molecule has 0 bridgehead atoms. The number of carboxylic acids is 1. The average Bonchev–Trinajstić information content (AvgIpc) is 2.23. The highest BCUT2D eigenvalue weighted by Crippen LogP contribution is 2.12. The molecule has 94 valence electrons. The van der Waals surface area contributed by atoms with Gasteiger partial charge < -0.3 is 10.4 Å². The Labute approximate surface area is 101 Å². The van der Waals surface area contributed by atoms with Gasteiger partial charge in [-0.1, -0.05) is 13.8 Å². The van der Waals surface area contributed by atoms with Gasteiger partial charge in [0.2, 0.25) is 0 Å². The fourth-order valence-corrected chi connectivity index (χ4v) is 1.48. The molecule has 0 radical (unpaired) electrons. The van der Waals surface area contributed by atoms with Crippen molar-refractivity contribution in [3.05, 3.63) is 17.6 Å². The Balaban J connectivity index is 2.62. The molecule has 17 heavy (non-hydrogen) atoms. The van der Waals surface area contributed by atoms with Gasteiger partial charge in [-0.25, -0.2) is 14.8 Å². The van der Waals surface area contributed by atoms with Crippen molar-refractivity contribution < 1.29 is 9.90 Å². The van der Waals surface area contributed by atoms with E-state index in [4.69, 9.17) is 5.11 Å². The Hall–Kier alpha value is -1.65. The molecule has 0 saturated carbocycles. The van der Waals surface area contributed by atoms with Crippen LogP contribution in [-0.2, 0) is 0 Å². The number of nitrogens with one attached hydrogen (secondary N) is 1. The van der Waals surface area contributed by atoms with Crippen LogP contribution in [0.4, 0.5) is 5.82 Å². The highest BCUT2D eigenvalue weighted by molar-refractivity contribution is 5.92. The van der Waals surface area contributed by atoms with Crippen molar-refractivity contribution in [3.8, 4) is 0 Å². The van der Waals surface area contributed by atoms with E-state index in [-0.39, 0.29) is 5.56 Å². The van der Waals surface area contributed by atoms with Crippen LogP contribution in [0.1, 0.15) is 42.9 Å². The summed E-state index contributed by atoms with van der Waals surface area (Å²) in [6, 6.07) is 0. The third-order valence-electron chi connectivity index (χ3n) is 2.39. The maximum Gasteiger partial charge on any atom is 0.341 e. The molecule has 0 fully saturated rings. The van der Waals surface area contributed by atoms with Crippen LogP contribution in [0.25, 0.3) is 0 Å². The van der Waals surface area contributed by atoms with Crippen molar-refractivity contribution in [2.24, 2.45) is 5.92 Å². The Morgan fingerprint density at radius 3 is 2.82 bits per heavy atom. The van der Waals surface area contributed by atoms with E-state index in [2.05, 4.69) is 29.1 Å². The minimum Gasteiger partial charge on any atom is -0.477 e. The fourth-order valence-electron chi connectivity index (χ4n) is 1.48. The van der Waals surface area contributed by atoms with Crippen LogP contribution >= 0.6 is 0 Å². The monoisotopic (exact) mass is 237 g/mol. The fraction of sp³-hybridized carbons (Fsp3) is 0.583. The van der Waals surface area contributed by atoms with Gasteiger partial charge in [0.25, 0.3) is 0 Å². The predicted octanol–water partition coefficient (Wildman–Crippen LogP) is 2.33. The molecular weight excluding hydrogens is 218 g/mol. The first kappa shape index (κ1) is 13.4. The van der Waals surface area contributed by atoms with Gasteiger partial charge in [0.15, 0.2) is 0 Å². The van der Waals surface area contributed by atoms with E-state index in [0.29, 0.717) is 17.6 Å². The number of hydrogen-bond donors (Lipinski definition) is 2. The quantitative estimate of drug-likeness (QED) is 0.743. The number of nitrogens with zero attached hydrogens (tertiary/aromatic N) is 2. The van der Waals surface area contributed by atoms with Gasteiger partial charge in [-0.2, -0.15) is 0 Å². The molecule has 0 amide bonds. The first-order valence-electron chi connectivity index (χ1n) is 5.81. The second-order valence-electron chi connectivity index (χ2n) is 4.45. The summed E-state index contributed by atoms with van der Waals surface area (Å²) in [5.74, 6) is 0.634. The molecule has 2 N–H and O–H groups in total. The summed E-state index contributed by atoms with van der Waals surface area (Å²) >= 11 is 0. The third kappa shape index (κ3) is 4.38. The summed E-state index contributed by atoms with van der Waals surface area (Å²) in [6.07, 6.45) is 3.45. The summed E-state index contributed by atoms with van der Waals surface area (Å²) in [5.41, 5.74) is 0.125. The Bertz CT molecular complexity index is 391. The maximum atomic E-state index is 11.0. The Morgan fingerprint density at radius 1 is 1.53 bits per heavy atom. The van der Waals surface area contributed by atoms with Gasteiger partial charge in [0.1, 0.15) is 17.2 Å². The molecule has 1 heterocycles. The number of hydrogen-bond acceptors (Lipinski definition) is 4. The first-order valence-corrected chi connectivity index (χ1v) is 5.81. The van der Waals surface area contributed by atoms with E-state index >= 15 is 0 Å². The smallest absolute Gasteiger partial charge is 0.341 e. The molecule has 0 aliphatic heterocycles. The topological polar surface area (TPSA) is 75.1 Å². The number of aryl methyl sites for hydroxylation is 1. The van der Waals surface area contributed by atoms with Crippen molar-refractivity contribution in [1.82, 2.24) is 9.97 Å². The lowest BCUT2D eigenvalue weighted by molar-refractivity contribution is 0.0697. The minimum atomic E-state index is -1.00. The van der Waals surface area contributed by atoms with Gasteiger partial charge in [0.05, 0.1) is 0 Å². The van der Waals surface area contributed by atoms with Crippen LogP contribution < -0.4 is 5.32 Å². The number of aromatic carboxylic acids is 1. The van der Waals surface area contributed by atoms with Crippen LogP contribution in [0.15, 0.2) is 6.20 Å². The normalized spacial score (nSPS) is 10.6. The first-order chi connectivity index (χ1) is 8.00. The molecule has 5 heteroatoms. The molecule has 1 aromatic rings. The standard InChI is InChI=1S/C12H19N3O2/c1-8(2)5-4-6-13-11-10(12(16)17)7-14-9(3)15-11/h7-8H,4-6H2,1-3H3,(H,16,17)(H,13,14,15). The molecule has 1 aromatic heterocycles. The van der Waals surface area contributed by atoms with Crippen molar-refractivity contribution in [2.45, 2.75) is 33.6 Å². The Kier molecular flexibility index (Phi) is 4.87. The summed E-state index contributed by atoms with van der Waals surface area (Å²) < 4.78 is 0. The predicted molar refractivity (Wildman–Crippen MR) is 66.3 cm³/mol. The lowest BCUT2D eigenvalue weighted by atomic mass is 10.1. The van der Waals surface area contributed by atoms with Gasteiger partial charge in [0, 0.05) is 12.7 Å². The van der Waals surface area contributed by atoms with Crippen molar-refractivity contribution in [2.75, 3.05) is 11.9 Å². The van der Waals surface area contributed by atoms with Gasteiger partial charge in [-0.15, -0.1) is 0 Å². The van der Waals surface area contributed by atoms with Crippen LogP contribution in [0, 0.1) is 12.8 Å². The zero-order valence-corrected chi connectivity index (χ0v) is 10.5. The van der Waals surface area contributed by atoms with E-state index in [0.717, 1.165) is 19.4 Å². The molecule has 0 aliphatic rings. The highest BCUT2D eigenvalue weighted by atomic mass is 16.4. The van der Waals surface area contributed by atoms with Crippen LogP contribution in [0.5, 0.6) is 0 Å². The summed E-state index contributed by atoms with van der Waals surface area (Å²) in [7, 11) is 0. The maximum absolute atomic E-state index is 11.0. The number of anilines is 1. The summed E-state index contributed by atoms with van der Waals surface area (Å²) in [6.45, 7) is 6.80. The lowest BCUT2D eigenvalue weighted by Crippen LogP contribution is -2.11. The van der Waals surface area contributed by atoms with E-state index in [9.17, 15) is 4.79 Å². The number of aromatic nitrogens is 2. The average molecular weight is 237 g/mol. The Morgan fingerprint density at radius 2 is 2.24 bits per heavy atom. The third-order valence-corrected chi connectivity index (χ3v) is 2.39. The molecular formula is C12H19N3O2. The molecule has 0 aromatic carbocycles. The molecule has 0 spiro atoms. The molecule has 1 rings (SSSR count). The van der Waals surface area contributed by atoms with Crippen molar-refractivity contribution >= 4 is 11.8 Å². The molecule has 5 nitrogen and oxygen atoms in total. The van der Waals surface area contributed by atoms with E-state index in [1.165, 1.54) is 6.20 Å². The van der Waals surface area contributed by atoms with Crippen LogP contribution in [0.3, 0.4) is 0 Å². The van der Waals surface area contributed by atoms with Crippen molar-refractivity contribution in [1.29, 1.82) is 0 Å². The second-order valence-corrected chi connectivity index (χ2v) is 4.45. The molecule has 0 atom stereocenters. The number of rotatable bonds is 6. The van der Waals surface area contributed by atoms with Crippen LogP contribution in [0.2, 0.25) is 0 Å². The van der Waals surface area contributed by atoms with Crippen LogP contribution in [-0.4, -0.2) is 27.6 Å². The molecule has 0 saturated heterocycles. The van der Waals surface area contributed by atoms with E-state index in [1.807, 2.05) is 0 Å². The summed E-state index contributed by atoms with van der Waals surface area (Å²) in [4.78, 5) is 18.9. The second kappa shape index (κ2) is 6.18. The number of carboxylic acid groups (broad SMARTS) is 1. The highest BCUT2D eigenvalue weighted by Gasteiger charge is 2.11. The minimum absolute atomic E-state index is 0.125. The largest absolute Gasteiger partial charge is 0.477 e. The molecule has 0 unspecified atom stereocenters. The lowest BCUT2D eigenvalue weighted by Gasteiger charge is -2.09. The van der Waals surface area contributed by atoms with Gasteiger partial charge in [-0.05, 0) is 25.7 Å². The zero-order chi connectivity index (χ0) is 12.8. The SMILES string of the molecule is Cc1ncc(C(=O)O)c(NCCCC(C)C)n1. The zero-order valence-electron chi connectivity index (χ0n) is 10.5.